The van der Waals surface area contributed by atoms with E-state index in [0.717, 1.165) is 57.5 Å². The molecule has 1 aromatic rings. The lowest BCUT2D eigenvalue weighted by molar-refractivity contribution is -0.222. The van der Waals surface area contributed by atoms with Gasteiger partial charge in [-0.05, 0) is 43.9 Å². The molecule has 0 saturated carbocycles. The van der Waals surface area contributed by atoms with Gasteiger partial charge in [0.15, 0.2) is 5.57 Å². The van der Waals surface area contributed by atoms with Gasteiger partial charge in [0.2, 0.25) is 0 Å². The van der Waals surface area contributed by atoms with Crippen LogP contribution in [0.15, 0.2) is 30.0 Å². The molecule has 3 fully saturated rings. The minimum Gasteiger partial charge on any atom is -0.419 e. The molecule has 0 unspecified atom stereocenters. The van der Waals surface area contributed by atoms with E-state index < -0.39 is 17.7 Å². The van der Waals surface area contributed by atoms with Crippen LogP contribution >= 0.6 is 0 Å². The smallest absolute Gasteiger partial charge is 0.350 e. The number of amides is 1. The second-order valence-corrected chi connectivity index (χ2v) is 8.31. The van der Waals surface area contributed by atoms with Crippen LogP contribution in [0.2, 0.25) is 0 Å². The van der Waals surface area contributed by atoms with E-state index in [1.165, 1.54) is 20.0 Å². The van der Waals surface area contributed by atoms with Gasteiger partial charge < -0.3 is 24.6 Å². The zero-order valence-electron chi connectivity index (χ0n) is 17.4. The molecule has 0 bridgehead atoms. The molecule has 8 nitrogen and oxygen atoms in total. The third-order valence-electron chi connectivity index (χ3n) is 5.57. The summed E-state index contributed by atoms with van der Waals surface area (Å²) in [5.74, 6) is -2.77. The molecule has 0 spiro atoms. The number of hydrogen-bond donors (Lipinski definition) is 1. The van der Waals surface area contributed by atoms with Gasteiger partial charge in [0, 0.05) is 51.8 Å². The maximum absolute atomic E-state index is 12.8. The van der Waals surface area contributed by atoms with Crippen molar-refractivity contribution in [2.45, 2.75) is 45.3 Å². The van der Waals surface area contributed by atoms with Crippen LogP contribution in [0, 0.1) is 0 Å². The second kappa shape index (κ2) is 8.01. The number of cyclic esters (lactones) is 2. The van der Waals surface area contributed by atoms with E-state index in [2.05, 4.69) is 10.2 Å². The second-order valence-electron chi connectivity index (χ2n) is 8.31. The fourth-order valence-corrected chi connectivity index (χ4v) is 4.05. The molecule has 8 heteroatoms. The number of benzene rings is 1. The molecule has 3 aliphatic heterocycles. The first kappa shape index (κ1) is 20.3. The monoisotopic (exact) mass is 413 g/mol. The van der Waals surface area contributed by atoms with E-state index in [1.54, 1.807) is 6.07 Å². The van der Waals surface area contributed by atoms with Crippen molar-refractivity contribution in [2.24, 2.45) is 0 Å². The minimum absolute atomic E-state index is 0.00518. The fraction of sp³-hybridized carbons (Fsp3) is 0.500. The van der Waals surface area contributed by atoms with E-state index in [1.807, 2.05) is 17.0 Å². The molecule has 0 aromatic heterocycles. The highest BCUT2D eigenvalue weighted by molar-refractivity contribution is 6.15. The molecule has 30 heavy (non-hydrogen) atoms. The van der Waals surface area contributed by atoms with Crippen LogP contribution in [0.4, 0.5) is 11.4 Å². The van der Waals surface area contributed by atoms with Gasteiger partial charge in [-0.15, -0.1) is 0 Å². The van der Waals surface area contributed by atoms with Crippen LogP contribution in [0.3, 0.4) is 0 Å². The molecule has 4 rings (SSSR count). The van der Waals surface area contributed by atoms with Crippen LogP contribution in [0.25, 0.3) is 0 Å². The highest BCUT2D eigenvalue weighted by Crippen LogP contribution is 2.31. The average molecular weight is 413 g/mol. The Bertz CT molecular complexity index is 874. The largest absolute Gasteiger partial charge is 0.419 e. The molecule has 1 N–H and O–H groups in total. The highest BCUT2D eigenvalue weighted by Gasteiger charge is 2.39. The minimum atomic E-state index is -1.28. The van der Waals surface area contributed by atoms with E-state index in [4.69, 9.17) is 9.47 Å². The Morgan fingerprint density at radius 2 is 1.60 bits per heavy atom. The Morgan fingerprint density at radius 1 is 1.00 bits per heavy atom. The summed E-state index contributed by atoms with van der Waals surface area (Å²) in [6.45, 7) is 6.39. The lowest BCUT2D eigenvalue weighted by atomic mass is 10.1. The molecular formula is C22H27N3O5. The van der Waals surface area contributed by atoms with Crippen molar-refractivity contribution < 1.29 is 23.9 Å². The molecule has 0 aliphatic carbocycles. The zero-order chi connectivity index (χ0) is 21.3. The summed E-state index contributed by atoms with van der Waals surface area (Å²) in [7, 11) is 0. The topological polar surface area (TPSA) is 88.2 Å². The number of ether oxygens (including phenoxy) is 2. The van der Waals surface area contributed by atoms with Crippen LogP contribution in [-0.4, -0.2) is 54.7 Å². The number of hydrogen-bond acceptors (Lipinski definition) is 7. The third kappa shape index (κ3) is 4.13. The standard InChI is InChI=1S/C22H27N3O5/c1-22(2)29-20(27)16(21(28)30-22)14-23-17-13-15(19(26)25-11-5-6-12-25)7-8-18(17)24-9-3-4-10-24/h7-8,13-14,23H,3-6,9-12H2,1-2H3. The Morgan fingerprint density at radius 3 is 2.23 bits per heavy atom. The van der Waals surface area contributed by atoms with Gasteiger partial charge in [-0.25, -0.2) is 9.59 Å². The number of nitrogens with zero attached hydrogens (tertiary/aromatic N) is 2. The summed E-state index contributed by atoms with van der Waals surface area (Å²) in [6, 6.07) is 5.56. The summed E-state index contributed by atoms with van der Waals surface area (Å²) in [5.41, 5.74) is 1.97. The molecule has 1 amide bonds. The predicted molar refractivity (Wildman–Crippen MR) is 111 cm³/mol. The Balaban J connectivity index is 1.62. The zero-order valence-corrected chi connectivity index (χ0v) is 17.4. The van der Waals surface area contributed by atoms with Crippen molar-refractivity contribution in [3.05, 3.63) is 35.5 Å². The van der Waals surface area contributed by atoms with Gasteiger partial charge in [0.05, 0.1) is 11.4 Å². The van der Waals surface area contributed by atoms with Crippen molar-refractivity contribution >= 4 is 29.2 Å². The molecule has 0 atom stereocenters. The number of nitrogens with one attached hydrogen (secondary N) is 1. The first-order chi connectivity index (χ1) is 14.3. The van der Waals surface area contributed by atoms with E-state index >= 15 is 0 Å². The Hall–Kier alpha value is -3.03. The summed E-state index contributed by atoms with van der Waals surface area (Å²) >= 11 is 0. The normalized spacial score (nSPS) is 20.8. The van der Waals surface area contributed by atoms with Crippen molar-refractivity contribution in [3.8, 4) is 0 Å². The number of esters is 2. The molecular weight excluding hydrogens is 386 g/mol. The number of rotatable bonds is 4. The third-order valence-corrected chi connectivity index (χ3v) is 5.57. The van der Waals surface area contributed by atoms with Gasteiger partial charge in [-0.2, -0.15) is 0 Å². The van der Waals surface area contributed by atoms with Crippen LogP contribution in [0.5, 0.6) is 0 Å². The highest BCUT2D eigenvalue weighted by atomic mass is 16.7. The quantitative estimate of drug-likeness (QED) is 0.461. The van der Waals surface area contributed by atoms with Crippen molar-refractivity contribution in [2.75, 3.05) is 36.4 Å². The van der Waals surface area contributed by atoms with Crippen LogP contribution < -0.4 is 10.2 Å². The molecule has 3 aliphatic rings. The van der Waals surface area contributed by atoms with Crippen LogP contribution in [0.1, 0.15) is 49.9 Å². The average Bonchev–Trinajstić information content (AvgIpc) is 3.40. The van der Waals surface area contributed by atoms with Gasteiger partial charge >= 0.3 is 11.9 Å². The Kier molecular flexibility index (Phi) is 5.40. The predicted octanol–water partition coefficient (Wildman–Crippen LogP) is 2.65. The molecule has 160 valence electrons. The molecule has 3 heterocycles. The van der Waals surface area contributed by atoms with Crippen LogP contribution in [-0.2, 0) is 19.1 Å². The Labute approximate surface area is 175 Å². The first-order valence-corrected chi connectivity index (χ1v) is 10.5. The first-order valence-electron chi connectivity index (χ1n) is 10.5. The molecule has 1 aromatic carbocycles. The number of carbonyl (C=O) groups is 3. The summed E-state index contributed by atoms with van der Waals surface area (Å²) in [5, 5.41) is 3.06. The van der Waals surface area contributed by atoms with Gasteiger partial charge in [-0.1, -0.05) is 0 Å². The van der Waals surface area contributed by atoms with Gasteiger partial charge in [0.1, 0.15) is 0 Å². The number of carbonyl (C=O) groups excluding carboxylic acids is 3. The summed E-state index contributed by atoms with van der Waals surface area (Å²) < 4.78 is 10.3. The lowest BCUT2D eigenvalue weighted by Crippen LogP contribution is -2.42. The molecule has 3 saturated heterocycles. The van der Waals surface area contributed by atoms with Crippen molar-refractivity contribution in [3.63, 3.8) is 0 Å². The van der Waals surface area contributed by atoms with Gasteiger partial charge in [0.25, 0.3) is 11.7 Å². The fourth-order valence-electron chi connectivity index (χ4n) is 4.05. The van der Waals surface area contributed by atoms with E-state index in [0.29, 0.717) is 11.3 Å². The van der Waals surface area contributed by atoms with E-state index in [-0.39, 0.29) is 11.5 Å². The SMILES string of the molecule is CC1(C)OC(=O)C(=CNc2cc(C(=O)N3CCCC3)ccc2N2CCCC2)C(=O)O1. The number of likely N-dealkylation sites (tertiary alicyclic amines) is 1. The lowest BCUT2D eigenvalue weighted by Gasteiger charge is -2.30. The van der Waals surface area contributed by atoms with Crippen molar-refractivity contribution in [1.82, 2.24) is 4.90 Å². The van der Waals surface area contributed by atoms with E-state index in [9.17, 15) is 14.4 Å². The van der Waals surface area contributed by atoms with Crippen molar-refractivity contribution in [1.29, 1.82) is 0 Å². The summed E-state index contributed by atoms with van der Waals surface area (Å²) in [6.07, 6.45) is 5.55. The number of anilines is 2. The molecule has 0 radical (unpaired) electrons. The summed E-state index contributed by atoms with van der Waals surface area (Å²) in [4.78, 5) is 41.4. The maximum atomic E-state index is 12.8. The maximum Gasteiger partial charge on any atom is 0.350 e. The van der Waals surface area contributed by atoms with Gasteiger partial charge in [-0.3, -0.25) is 4.79 Å².